The molecule has 0 saturated carbocycles. The second kappa shape index (κ2) is 4.24. The van der Waals surface area contributed by atoms with Crippen molar-refractivity contribution in [1.29, 1.82) is 0 Å². The molecular weight excluding hydrogens is 134 g/mol. The number of hydrogen-bond acceptors (Lipinski definition) is 3. The summed E-state index contributed by atoms with van der Waals surface area (Å²) in [7, 11) is 0. The van der Waals surface area contributed by atoms with E-state index in [4.69, 9.17) is 15.9 Å². The Morgan fingerprint density at radius 2 is 2.20 bits per heavy atom. The molecule has 0 spiro atoms. The van der Waals surface area contributed by atoms with Gasteiger partial charge in [0.15, 0.2) is 0 Å². The quantitative estimate of drug-likeness (QED) is 0.496. The van der Waals surface area contributed by atoms with Gasteiger partial charge in [-0.15, -0.1) is 0 Å². The van der Waals surface area contributed by atoms with Gasteiger partial charge in [-0.05, 0) is 6.42 Å². The van der Waals surface area contributed by atoms with Crippen LogP contribution in [0.4, 0.5) is 0 Å². The highest BCUT2D eigenvalue weighted by molar-refractivity contribution is 5.70. The Hall–Kier alpha value is -0.610. The lowest BCUT2D eigenvalue weighted by atomic mass is 10.0. The Balaban J connectivity index is 3.92. The van der Waals surface area contributed by atoms with Crippen molar-refractivity contribution in [3.63, 3.8) is 0 Å². The van der Waals surface area contributed by atoms with Crippen molar-refractivity contribution < 1.29 is 15.0 Å². The Bertz CT molecular complexity index is 116. The zero-order chi connectivity index (χ0) is 8.15. The van der Waals surface area contributed by atoms with Crippen molar-refractivity contribution in [2.75, 3.05) is 6.54 Å². The van der Waals surface area contributed by atoms with Gasteiger partial charge in [-0.2, -0.15) is 0 Å². The van der Waals surface area contributed by atoms with Gasteiger partial charge in [0, 0.05) is 6.54 Å². The predicted octanol–water partition coefficient (Wildman–Crippen LogP) is -0.583. The standard InChI is InChI=1S/C6H13NO3/c1-2-4(6(9)10)5(8)3-7/h4-5,8H,2-3,7H2,1H3,(H,9,10). The fraction of sp³-hybridized carbons (Fsp3) is 0.833. The first-order valence-corrected chi connectivity index (χ1v) is 3.24. The molecule has 4 N–H and O–H groups in total. The summed E-state index contributed by atoms with van der Waals surface area (Å²) >= 11 is 0. The van der Waals surface area contributed by atoms with Gasteiger partial charge in [0.1, 0.15) is 0 Å². The minimum absolute atomic E-state index is 0.00477. The second-order valence-corrected chi connectivity index (χ2v) is 2.16. The topological polar surface area (TPSA) is 83.5 Å². The molecule has 0 amide bonds. The van der Waals surface area contributed by atoms with E-state index in [0.29, 0.717) is 6.42 Å². The fourth-order valence-corrected chi connectivity index (χ4v) is 0.776. The van der Waals surface area contributed by atoms with E-state index in [0.717, 1.165) is 0 Å². The summed E-state index contributed by atoms with van der Waals surface area (Å²) in [6.07, 6.45) is -0.504. The zero-order valence-corrected chi connectivity index (χ0v) is 5.95. The van der Waals surface area contributed by atoms with Crippen LogP contribution in [0.2, 0.25) is 0 Å². The summed E-state index contributed by atoms with van der Waals surface area (Å²) < 4.78 is 0. The zero-order valence-electron chi connectivity index (χ0n) is 5.95. The van der Waals surface area contributed by atoms with Crippen LogP contribution in [-0.4, -0.2) is 28.8 Å². The van der Waals surface area contributed by atoms with Crippen molar-refractivity contribution in [2.24, 2.45) is 11.7 Å². The molecule has 10 heavy (non-hydrogen) atoms. The Morgan fingerprint density at radius 3 is 2.30 bits per heavy atom. The maximum atomic E-state index is 10.3. The number of carbonyl (C=O) groups is 1. The highest BCUT2D eigenvalue weighted by atomic mass is 16.4. The third-order valence-corrected chi connectivity index (χ3v) is 1.46. The molecule has 0 aliphatic rings. The number of carboxylic acids is 1. The Kier molecular flexibility index (Phi) is 3.99. The minimum atomic E-state index is -0.986. The average Bonchev–Trinajstić information content (AvgIpc) is 1.88. The van der Waals surface area contributed by atoms with E-state index in [1.165, 1.54) is 0 Å². The predicted molar refractivity (Wildman–Crippen MR) is 36.5 cm³/mol. The molecule has 0 saturated heterocycles. The molecule has 0 aliphatic carbocycles. The van der Waals surface area contributed by atoms with E-state index in [1.807, 2.05) is 0 Å². The van der Waals surface area contributed by atoms with Crippen LogP contribution in [0.5, 0.6) is 0 Å². The Morgan fingerprint density at radius 1 is 1.70 bits per heavy atom. The molecule has 4 nitrogen and oxygen atoms in total. The molecule has 0 rings (SSSR count). The minimum Gasteiger partial charge on any atom is -0.481 e. The van der Waals surface area contributed by atoms with Crippen LogP contribution in [0, 0.1) is 5.92 Å². The smallest absolute Gasteiger partial charge is 0.309 e. The molecule has 0 aliphatic heterocycles. The number of nitrogens with two attached hydrogens (primary N) is 1. The van der Waals surface area contributed by atoms with Crippen molar-refractivity contribution in [2.45, 2.75) is 19.4 Å². The monoisotopic (exact) mass is 147 g/mol. The third-order valence-electron chi connectivity index (χ3n) is 1.46. The number of aliphatic carboxylic acids is 1. The molecule has 2 unspecified atom stereocenters. The summed E-state index contributed by atoms with van der Waals surface area (Å²) in [5.41, 5.74) is 5.07. The molecule has 0 heterocycles. The van der Waals surface area contributed by atoms with Crippen molar-refractivity contribution in [3.8, 4) is 0 Å². The molecule has 60 valence electrons. The number of rotatable bonds is 4. The summed E-state index contributed by atoms with van der Waals surface area (Å²) in [6.45, 7) is 1.71. The normalized spacial score (nSPS) is 16.3. The largest absolute Gasteiger partial charge is 0.481 e. The van der Waals surface area contributed by atoms with E-state index in [1.54, 1.807) is 6.92 Å². The number of hydrogen-bond donors (Lipinski definition) is 3. The van der Waals surface area contributed by atoms with Crippen LogP contribution in [0.15, 0.2) is 0 Å². The van der Waals surface area contributed by atoms with Gasteiger partial charge in [-0.1, -0.05) is 6.92 Å². The van der Waals surface area contributed by atoms with E-state index >= 15 is 0 Å². The number of aliphatic hydroxyl groups excluding tert-OH is 1. The van der Waals surface area contributed by atoms with Crippen LogP contribution in [0.25, 0.3) is 0 Å². The van der Waals surface area contributed by atoms with Crippen molar-refractivity contribution in [1.82, 2.24) is 0 Å². The molecule has 0 aromatic rings. The van der Waals surface area contributed by atoms with E-state index in [9.17, 15) is 4.79 Å². The van der Waals surface area contributed by atoms with E-state index < -0.39 is 18.0 Å². The maximum Gasteiger partial charge on any atom is 0.309 e. The highest BCUT2D eigenvalue weighted by Crippen LogP contribution is 2.07. The molecule has 2 atom stereocenters. The van der Waals surface area contributed by atoms with Gasteiger partial charge in [-0.3, -0.25) is 4.79 Å². The second-order valence-electron chi connectivity index (χ2n) is 2.16. The van der Waals surface area contributed by atoms with Crippen LogP contribution < -0.4 is 5.73 Å². The van der Waals surface area contributed by atoms with Crippen LogP contribution >= 0.6 is 0 Å². The molecular formula is C6H13NO3. The lowest BCUT2D eigenvalue weighted by Gasteiger charge is -2.14. The Labute approximate surface area is 59.7 Å². The third kappa shape index (κ3) is 2.33. The van der Waals surface area contributed by atoms with Gasteiger partial charge >= 0.3 is 5.97 Å². The molecule has 0 radical (unpaired) electrons. The van der Waals surface area contributed by atoms with Crippen LogP contribution in [0.1, 0.15) is 13.3 Å². The molecule has 0 aromatic carbocycles. The SMILES string of the molecule is CCC(C(=O)O)C(O)CN. The maximum absolute atomic E-state index is 10.3. The number of carboxylic acid groups (broad SMARTS) is 1. The highest BCUT2D eigenvalue weighted by Gasteiger charge is 2.22. The van der Waals surface area contributed by atoms with Gasteiger partial charge in [-0.25, -0.2) is 0 Å². The van der Waals surface area contributed by atoms with Gasteiger partial charge in [0.05, 0.1) is 12.0 Å². The average molecular weight is 147 g/mol. The lowest BCUT2D eigenvalue weighted by molar-refractivity contribution is -0.145. The fourth-order valence-electron chi connectivity index (χ4n) is 0.776. The van der Waals surface area contributed by atoms with Gasteiger partial charge < -0.3 is 15.9 Å². The first-order valence-electron chi connectivity index (χ1n) is 3.24. The summed E-state index contributed by atoms with van der Waals surface area (Å²) in [5.74, 6) is -1.70. The van der Waals surface area contributed by atoms with Gasteiger partial charge in [0.2, 0.25) is 0 Å². The first-order chi connectivity index (χ1) is 4.63. The van der Waals surface area contributed by atoms with Crippen LogP contribution in [-0.2, 0) is 4.79 Å². The van der Waals surface area contributed by atoms with Crippen molar-refractivity contribution in [3.05, 3.63) is 0 Å². The van der Waals surface area contributed by atoms with Crippen molar-refractivity contribution >= 4 is 5.97 Å². The summed E-state index contributed by atoms with van der Waals surface area (Å²) in [5, 5.41) is 17.4. The molecule has 0 fully saturated rings. The molecule has 4 heteroatoms. The molecule has 0 aromatic heterocycles. The van der Waals surface area contributed by atoms with Crippen LogP contribution in [0.3, 0.4) is 0 Å². The lowest BCUT2D eigenvalue weighted by Crippen LogP contribution is -2.33. The summed E-state index contributed by atoms with van der Waals surface area (Å²) in [6, 6.07) is 0. The number of aliphatic hydroxyl groups is 1. The van der Waals surface area contributed by atoms with E-state index in [-0.39, 0.29) is 6.54 Å². The van der Waals surface area contributed by atoms with Gasteiger partial charge in [0.25, 0.3) is 0 Å². The van der Waals surface area contributed by atoms with E-state index in [2.05, 4.69) is 0 Å². The molecule has 0 bridgehead atoms. The first kappa shape index (κ1) is 9.39. The summed E-state index contributed by atoms with van der Waals surface area (Å²) in [4.78, 5) is 10.3.